The summed E-state index contributed by atoms with van der Waals surface area (Å²) in [5, 5.41) is 9.18. The Morgan fingerprint density at radius 3 is 2.40 bits per heavy atom. The van der Waals surface area contributed by atoms with E-state index in [1.54, 1.807) is 7.11 Å². The molecule has 0 unspecified atom stereocenters. The quantitative estimate of drug-likeness (QED) is 0.462. The molecule has 0 aliphatic carbocycles. The topological polar surface area (TPSA) is 33.0 Å². The first-order chi connectivity index (χ1) is 12.0. The van der Waals surface area contributed by atoms with Crippen molar-refractivity contribution in [2.24, 2.45) is 5.41 Å². The monoisotopic (exact) mass is 399 g/mol. The summed E-state index contributed by atoms with van der Waals surface area (Å²) < 4.78 is 6.69. The molecule has 0 fully saturated rings. The van der Waals surface area contributed by atoms with Crippen LogP contribution in [0, 0.1) is 16.7 Å². The maximum Gasteiger partial charge on any atom is 0.122 e. The first kappa shape index (κ1) is 19.5. The number of benzene rings is 2. The van der Waals surface area contributed by atoms with E-state index >= 15 is 0 Å². The second-order valence-electron chi connectivity index (χ2n) is 7.09. The van der Waals surface area contributed by atoms with Gasteiger partial charge in [0.2, 0.25) is 0 Å². The van der Waals surface area contributed by atoms with Gasteiger partial charge in [-0.3, -0.25) is 0 Å². The highest BCUT2D eigenvalue weighted by atomic mass is 79.9. The van der Waals surface area contributed by atoms with Gasteiger partial charge in [0.1, 0.15) is 5.75 Å². The number of nitrogens with zero attached hydrogens (tertiary/aromatic N) is 1. The predicted octanol–water partition coefficient (Wildman–Crippen LogP) is 6.70. The van der Waals surface area contributed by atoms with E-state index in [2.05, 4.69) is 58.4 Å². The normalized spacial score (nSPS) is 12.4. The van der Waals surface area contributed by atoms with E-state index in [-0.39, 0.29) is 5.41 Å². The van der Waals surface area contributed by atoms with E-state index in [0.29, 0.717) is 5.92 Å². The minimum Gasteiger partial charge on any atom is -0.496 e. The molecule has 25 heavy (non-hydrogen) atoms. The summed E-state index contributed by atoms with van der Waals surface area (Å²) in [7, 11) is 1.73. The molecular weight excluding hydrogens is 374 g/mol. The van der Waals surface area contributed by atoms with Gasteiger partial charge in [-0.15, -0.1) is 0 Å². The van der Waals surface area contributed by atoms with Gasteiger partial charge in [-0.05, 0) is 50.5 Å². The number of unbranched alkanes of at least 4 members (excludes halogenated alkanes) is 1. The Balaban J connectivity index is 2.18. The van der Waals surface area contributed by atoms with Gasteiger partial charge in [0.25, 0.3) is 0 Å². The fourth-order valence-corrected chi connectivity index (χ4v) is 3.39. The van der Waals surface area contributed by atoms with Crippen molar-refractivity contribution in [2.45, 2.75) is 45.4 Å². The van der Waals surface area contributed by atoms with Crippen LogP contribution >= 0.6 is 15.9 Å². The molecule has 0 bridgehead atoms. The standard InChI is InChI=1S/C22H26BrNO/c1-22(2,16-24)15-7-6-8-19(17-11-13-18(23)14-12-17)20-9-4-5-10-21(20)25-3/h4-5,9-14,19H,6-8,15H2,1-3H3/t19-/m0/s1. The molecule has 0 saturated heterocycles. The van der Waals surface area contributed by atoms with E-state index in [0.717, 1.165) is 35.9 Å². The first-order valence-corrected chi connectivity index (χ1v) is 9.56. The minimum absolute atomic E-state index is 0.239. The van der Waals surface area contributed by atoms with Crippen LogP contribution in [0.3, 0.4) is 0 Å². The van der Waals surface area contributed by atoms with Crippen LogP contribution in [-0.4, -0.2) is 7.11 Å². The average Bonchev–Trinajstić information content (AvgIpc) is 2.63. The van der Waals surface area contributed by atoms with Crippen LogP contribution in [0.1, 0.15) is 56.6 Å². The van der Waals surface area contributed by atoms with Crippen molar-refractivity contribution in [3.8, 4) is 11.8 Å². The zero-order chi connectivity index (χ0) is 18.3. The van der Waals surface area contributed by atoms with Gasteiger partial charge in [0.05, 0.1) is 18.6 Å². The van der Waals surface area contributed by atoms with Crippen molar-refractivity contribution in [1.82, 2.24) is 0 Å². The summed E-state index contributed by atoms with van der Waals surface area (Å²) in [6.45, 7) is 4.03. The van der Waals surface area contributed by atoms with E-state index in [4.69, 9.17) is 4.74 Å². The molecule has 0 saturated carbocycles. The van der Waals surface area contributed by atoms with Crippen LogP contribution < -0.4 is 4.74 Å². The highest BCUT2D eigenvalue weighted by Crippen LogP contribution is 2.36. The molecule has 1 atom stereocenters. The third kappa shape index (κ3) is 5.61. The largest absolute Gasteiger partial charge is 0.496 e. The minimum atomic E-state index is -0.239. The number of nitriles is 1. The smallest absolute Gasteiger partial charge is 0.122 e. The number of halogens is 1. The Morgan fingerprint density at radius 2 is 1.76 bits per heavy atom. The van der Waals surface area contributed by atoms with Crippen molar-refractivity contribution in [3.05, 3.63) is 64.1 Å². The zero-order valence-corrected chi connectivity index (χ0v) is 16.8. The van der Waals surface area contributed by atoms with Crippen LogP contribution in [0.4, 0.5) is 0 Å². The summed E-state index contributed by atoms with van der Waals surface area (Å²) in [5.74, 6) is 1.24. The SMILES string of the molecule is COc1ccccc1[C@@H](CCCCC(C)(C)C#N)c1ccc(Br)cc1. The second kappa shape index (κ2) is 9.06. The van der Waals surface area contributed by atoms with Crippen molar-refractivity contribution in [2.75, 3.05) is 7.11 Å². The number of hydrogen-bond acceptors (Lipinski definition) is 2. The molecule has 132 valence electrons. The van der Waals surface area contributed by atoms with Gasteiger partial charge < -0.3 is 4.74 Å². The van der Waals surface area contributed by atoms with Crippen LogP contribution in [0.15, 0.2) is 53.0 Å². The number of ether oxygens (including phenoxy) is 1. The van der Waals surface area contributed by atoms with Gasteiger partial charge in [-0.25, -0.2) is 0 Å². The molecule has 0 N–H and O–H groups in total. The fraction of sp³-hybridized carbons (Fsp3) is 0.409. The van der Waals surface area contributed by atoms with E-state index < -0.39 is 0 Å². The van der Waals surface area contributed by atoms with Gasteiger partial charge in [-0.2, -0.15) is 5.26 Å². The average molecular weight is 400 g/mol. The zero-order valence-electron chi connectivity index (χ0n) is 15.3. The van der Waals surface area contributed by atoms with Gasteiger partial charge in [0.15, 0.2) is 0 Å². The fourth-order valence-electron chi connectivity index (χ4n) is 3.12. The molecule has 0 amide bonds. The number of rotatable bonds is 8. The molecule has 0 aliphatic rings. The molecule has 2 nitrogen and oxygen atoms in total. The Hall–Kier alpha value is -1.79. The lowest BCUT2D eigenvalue weighted by molar-refractivity contribution is 0.401. The van der Waals surface area contributed by atoms with Gasteiger partial charge >= 0.3 is 0 Å². The Kier molecular flexibility index (Phi) is 7.08. The van der Waals surface area contributed by atoms with E-state index in [1.165, 1.54) is 11.1 Å². The van der Waals surface area contributed by atoms with Crippen LogP contribution in [0.5, 0.6) is 5.75 Å². The van der Waals surface area contributed by atoms with Crippen molar-refractivity contribution < 1.29 is 4.74 Å². The number of hydrogen-bond donors (Lipinski definition) is 0. The molecule has 0 spiro atoms. The van der Waals surface area contributed by atoms with E-state index in [9.17, 15) is 5.26 Å². The summed E-state index contributed by atoms with van der Waals surface area (Å²) in [6, 6.07) is 19.2. The highest BCUT2D eigenvalue weighted by molar-refractivity contribution is 9.10. The summed E-state index contributed by atoms with van der Waals surface area (Å²) in [4.78, 5) is 0. The molecule has 0 radical (unpaired) electrons. The predicted molar refractivity (Wildman–Crippen MR) is 107 cm³/mol. The number of methoxy groups -OCH3 is 1. The van der Waals surface area contributed by atoms with Crippen LogP contribution in [-0.2, 0) is 0 Å². The maximum absolute atomic E-state index is 9.18. The summed E-state index contributed by atoms with van der Waals surface area (Å²) in [5.41, 5.74) is 2.29. The maximum atomic E-state index is 9.18. The Morgan fingerprint density at radius 1 is 1.08 bits per heavy atom. The summed E-state index contributed by atoms with van der Waals surface area (Å²) in [6.07, 6.45) is 4.12. The lowest BCUT2D eigenvalue weighted by Crippen LogP contribution is -2.08. The van der Waals surface area contributed by atoms with Gasteiger partial charge in [0, 0.05) is 16.0 Å². The third-order valence-electron chi connectivity index (χ3n) is 4.63. The second-order valence-corrected chi connectivity index (χ2v) is 8.00. The molecule has 2 aromatic rings. The molecule has 3 heteroatoms. The van der Waals surface area contributed by atoms with E-state index in [1.807, 2.05) is 26.0 Å². The first-order valence-electron chi connectivity index (χ1n) is 8.76. The Labute approximate surface area is 160 Å². The van der Waals surface area contributed by atoms with Crippen molar-refractivity contribution in [3.63, 3.8) is 0 Å². The lowest BCUT2D eigenvalue weighted by atomic mass is 9.84. The molecule has 0 aliphatic heterocycles. The molecule has 0 aromatic heterocycles. The number of para-hydroxylation sites is 1. The molecule has 2 aromatic carbocycles. The molecule has 0 heterocycles. The summed E-state index contributed by atoms with van der Waals surface area (Å²) >= 11 is 3.52. The lowest BCUT2D eigenvalue weighted by Gasteiger charge is -2.21. The van der Waals surface area contributed by atoms with Gasteiger partial charge in [-0.1, -0.05) is 59.1 Å². The highest BCUT2D eigenvalue weighted by Gasteiger charge is 2.20. The third-order valence-corrected chi connectivity index (χ3v) is 5.16. The van der Waals surface area contributed by atoms with Crippen LogP contribution in [0.2, 0.25) is 0 Å². The molecular formula is C22H26BrNO. The van der Waals surface area contributed by atoms with Crippen LogP contribution in [0.25, 0.3) is 0 Å². The Bertz CT molecular complexity index is 716. The molecule has 2 rings (SSSR count). The van der Waals surface area contributed by atoms with Crippen molar-refractivity contribution >= 4 is 15.9 Å². The van der Waals surface area contributed by atoms with Crippen molar-refractivity contribution in [1.29, 1.82) is 5.26 Å².